The van der Waals surface area contributed by atoms with E-state index in [0.29, 0.717) is 0 Å². The Morgan fingerprint density at radius 3 is 2.71 bits per heavy atom. The fraction of sp³-hybridized carbons (Fsp3) is 0.462. The van der Waals surface area contributed by atoms with Crippen LogP contribution >= 0.6 is 0 Å². The van der Waals surface area contributed by atoms with Gasteiger partial charge in [-0.25, -0.2) is 13.4 Å². The first-order valence-electron chi connectivity index (χ1n) is 5.81. The molecule has 4 heteroatoms. The Kier molecular flexibility index (Phi) is 4.87. The van der Waals surface area contributed by atoms with E-state index in [2.05, 4.69) is 11.9 Å². The van der Waals surface area contributed by atoms with Crippen molar-refractivity contribution in [3.05, 3.63) is 30.0 Å². The van der Waals surface area contributed by atoms with Crippen LogP contribution in [0.3, 0.4) is 0 Å². The van der Waals surface area contributed by atoms with E-state index >= 15 is 0 Å². The summed E-state index contributed by atoms with van der Waals surface area (Å²) in [6.07, 6.45) is 7.73. The molecule has 0 aromatic carbocycles. The molecule has 3 nitrogen and oxygen atoms in total. The minimum absolute atomic E-state index is 0.184. The molecule has 0 radical (unpaired) electrons. The SMILES string of the molecule is CC=C(CCCC)c1cccnc1S(C)(=O)=O. The molecular formula is C13H19NO2S. The summed E-state index contributed by atoms with van der Waals surface area (Å²) in [5.41, 5.74) is 1.80. The number of unbranched alkanes of at least 4 members (excludes halogenated alkanes) is 1. The maximum absolute atomic E-state index is 11.7. The monoisotopic (exact) mass is 253 g/mol. The highest BCUT2D eigenvalue weighted by Gasteiger charge is 2.16. The molecule has 1 aromatic rings. The van der Waals surface area contributed by atoms with Crippen LogP contribution in [0.4, 0.5) is 0 Å². The van der Waals surface area contributed by atoms with Gasteiger partial charge in [0.1, 0.15) is 0 Å². The fourth-order valence-corrected chi connectivity index (χ4v) is 2.58. The van der Waals surface area contributed by atoms with Gasteiger partial charge in [-0.05, 0) is 31.4 Å². The molecule has 1 aromatic heterocycles. The summed E-state index contributed by atoms with van der Waals surface area (Å²) in [5, 5.41) is 0.184. The van der Waals surface area contributed by atoms with Crippen LogP contribution in [0.5, 0.6) is 0 Å². The lowest BCUT2D eigenvalue weighted by molar-refractivity contribution is 0.598. The van der Waals surface area contributed by atoms with E-state index in [9.17, 15) is 8.42 Å². The molecule has 1 heterocycles. The van der Waals surface area contributed by atoms with Crippen LogP contribution in [-0.2, 0) is 9.84 Å². The summed E-state index contributed by atoms with van der Waals surface area (Å²) in [7, 11) is -3.27. The first-order chi connectivity index (χ1) is 8.00. The molecule has 0 fully saturated rings. The van der Waals surface area contributed by atoms with Gasteiger partial charge in [-0.2, -0.15) is 0 Å². The van der Waals surface area contributed by atoms with E-state index in [1.165, 1.54) is 12.5 Å². The number of hydrogen-bond donors (Lipinski definition) is 0. The summed E-state index contributed by atoms with van der Waals surface area (Å²) >= 11 is 0. The van der Waals surface area contributed by atoms with Crippen molar-refractivity contribution in [1.82, 2.24) is 4.98 Å². The minimum atomic E-state index is -3.27. The number of allylic oxidation sites excluding steroid dienone is 2. The van der Waals surface area contributed by atoms with Gasteiger partial charge in [0.05, 0.1) is 0 Å². The average molecular weight is 253 g/mol. The molecule has 0 bridgehead atoms. The predicted octanol–water partition coefficient (Wildman–Crippen LogP) is 3.08. The van der Waals surface area contributed by atoms with Gasteiger partial charge in [0, 0.05) is 18.0 Å². The van der Waals surface area contributed by atoms with Gasteiger partial charge in [0.25, 0.3) is 0 Å². The third kappa shape index (κ3) is 3.66. The van der Waals surface area contributed by atoms with Crippen LogP contribution in [0, 0.1) is 0 Å². The second-order valence-electron chi connectivity index (χ2n) is 4.05. The molecular weight excluding hydrogens is 234 g/mol. The largest absolute Gasteiger partial charge is 0.244 e. The zero-order valence-corrected chi connectivity index (χ0v) is 11.4. The molecule has 0 atom stereocenters. The van der Waals surface area contributed by atoms with Crippen molar-refractivity contribution < 1.29 is 8.42 Å². The third-order valence-electron chi connectivity index (χ3n) is 2.62. The van der Waals surface area contributed by atoms with E-state index in [-0.39, 0.29) is 5.03 Å². The molecule has 0 aliphatic rings. The molecule has 94 valence electrons. The van der Waals surface area contributed by atoms with Crippen molar-refractivity contribution in [3.8, 4) is 0 Å². The van der Waals surface area contributed by atoms with E-state index in [0.717, 1.165) is 30.4 Å². The van der Waals surface area contributed by atoms with Gasteiger partial charge in [-0.3, -0.25) is 0 Å². The molecule has 0 unspecified atom stereocenters. The molecule has 0 saturated heterocycles. The second-order valence-corrected chi connectivity index (χ2v) is 5.98. The summed E-state index contributed by atoms with van der Waals surface area (Å²) in [6, 6.07) is 3.60. The van der Waals surface area contributed by atoms with Crippen LogP contribution in [0.2, 0.25) is 0 Å². The minimum Gasteiger partial charge on any atom is -0.244 e. The first kappa shape index (κ1) is 13.9. The molecule has 0 spiro atoms. The Bertz CT molecular complexity index is 504. The Labute approximate surface area is 104 Å². The highest BCUT2D eigenvalue weighted by molar-refractivity contribution is 7.90. The smallest absolute Gasteiger partial charge is 0.193 e. The van der Waals surface area contributed by atoms with Crippen LogP contribution < -0.4 is 0 Å². The zero-order valence-electron chi connectivity index (χ0n) is 10.6. The van der Waals surface area contributed by atoms with Crippen molar-refractivity contribution in [2.75, 3.05) is 6.26 Å². The van der Waals surface area contributed by atoms with Crippen LogP contribution in [0.25, 0.3) is 5.57 Å². The van der Waals surface area contributed by atoms with Crippen molar-refractivity contribution in [3.63, 3.8) is 0 Å². The lowest BCUT2D eigenvalue weighted by Crippen LogP contribution is -2.05. The van der Waals surface area contributed by atoms with Crippen molar-refractivity contribution in [2.45, 2.75) is 38.1 Å². The van der Waals surface area contributed by atoms with Gasteiger partial charge in [-0.1, -0.05) is 25.5 Å². The first-order valence-corrected chi connectivity index (χ1v) is 7.70. The average Bonchev–Trinajstić information content (AvgIpc) is 2.29. The highest BCUT2D eigenvalue weighted by Crippen LogP contribution is 2.25. The van der Waals surface area contributed by atoms with E-state index in [4.69, 9.17) is 0 Å². The number of pyridine rings is 1. The number of aromatic nitrogens is 1. The molecule has 0 aliphatic carbocycles. The Morgan fingerprint density at radius 1 is 1.47 bits per heavy atom. The summed E-state index contributed by atoms with van der Waals surface area (Å²) in [4.78, 5) is 4.00. The summed E-state index contributed by atoms with van der Waals surface area (Å²) in [6.45, 7) is 4.05. The number of sulfone groups is 1. The van der Waals surface area contributed by atoms with Crippen molar-refractivity contribution in [2.24, 2.45) is 0 Å². The lowest BCUT2D eigenvalue weighted by Gasteiger charge is -2.10. The molecule has 0 saturated carbocycles. The Morgan fingerprint density at radius 2 is 2.18 bits per heavy atom. The zero-order chi connectivity index (χ0) is 12.9. The third-order valence-corrected chi connectivity index (χ3v) is 3.64. The van der Waals surface area contributed by atoms with E-state index in [1.54, 1.807) is 6.07 Å². The van der Waals surface area contributed by atoms with Gasteiger partial charge in [0.15, 0.2) is 14.9 Å². The molecule has 0 aliphatic heterocycles. The van der Waals surface area contributed by atoms with E-state index in [1.807, 2.05) is 19.1 Å². The summed E-state index contributed by atoms with van der Waals surface area (Å²) < 4.78 is 23.3. The summed E-state index contributed by atoms with van der Waals surface area (Å²) in [5.74, 6) is 0. The fourth-order valence-electron chi connectivity index (χ4n) is 1.73. The van der Waals surface area contributed by atoms with Crippen LogP contribution in [0.1, 0.15) is 38.7 Å². The topological polar surface area (TPSA) is 47.0 Å². The Balaban J connectivity index is 3.21. The lowest BCUT2D eigenvalue weighted by atomic mass is 10.0. The standard InChI is InChI=1S/C13H19NO2S/c1-4-6-8-11(5-2)12-9-7-10-14-13(12)17(3,15)16/h5,7,9-10H,4,6,8H2,1-3H3. The quantitative estimate of drug-likeness (QED) is 0.810. The predicted molar refractivity (Wildman–Crippen MR) is 70.5 cm³/mol. The normalized spacial score (nSPS) is 12.8. The number of nitrogens with zero attached hydrogens (tertiary/aromatic N) is 1. The van der Waals surface area contributed by atoms with Crippen LogP contribution in [0.15, 0.2) is 29.4 Å². The van der Waals surface area contributed by atoms with Crippen molar-refractivity contribution >= 4 is 15.4 Å². The Hall–Kier alpha value is -1.16. The molecule has 0 N–H and O–H groups in total. The van der Waals surface area contributed by atoms with Gasteiger partial charge in [-0.15, -0.1) is 0 Å². The van der Waals surface area contributed by atoms with Crippen LogP contribution in [-0.4, -0.2) is 19.7 Å². The van der Waals surface area contributed by atoms with Gasteiger partial charge >= 0.3 is 0 Å². The molecule has 0 amide bonds. The molecule has 17 heavy (non-hydrogen) atoms. The van der Waals surface area contributed by atoms with Gasteiger partial charge < -0.3 is 0 Å². The van der Waals surface area contributed by atoms with E-state index < -0.39 is 9.84 Å². The second kappa shape index (κ2) is 5.96. The number of hydrogen-bond acceptors (Lipinski definition) is 3. The molecule has 1 rings (SSSR count). The highest BCUT2D eigenvalue weighted by atomic mass is 32.2. The maximum atomic E-state index is 11.7. The van der Waals surface area contributed by atoms with Crippen molar-refractivity contribution in [1.29, 1.82) is 0 Å². The maximum Gasteiger partial charge on any atom is 0.193 e. The van der Waals surface area contributed by atoms with Gasteiger partial charge in [0.2, 0.25) is 0 Å². The number of rotatable bonds is 5.